The molecule has 0 radical (unpaired) electrons. The molecular weight excluding hydrogens is 312 g/mol. The number of ether oxygens (including phenoxy) is 2. The average Bonchev–Trinajstić information content (AvgIpc) is 2.56. The van der Waals surface area contributed by atoms with Crippen LogP contribution in [0.2, 0.25) is 0 Å². The van der Waals surface area contributed by atoms with Gasteiger partial charge in [0.25, 0.3) is 0 Å². The first-order valence-corrected chi connectivity index (χ1v) is 8.07. The Kier molecular flexibility index (Phi) is 4.69. The number of anilines is 1. The van der Waals surface area contributed by atoms with Crippen LogP contribution in [0.25, 0.3) is 0 Å². The molecule has 0 atom stereocenters. The topological polar surface area (TPSA) is 84.9 Å². The summed E-state index contributed by atoms with van der Waals surface area (Å²) >= 11 is 0. The number of piperidine rings is 1. The summed E-state index contributed by atoms with van der Waals surface area (Å²) in [4.78, 5) is 37.5. The zero-order valence-corrected chi connectivity index (χ0v) is 13.6. The van der Waals surface area contributed by atoms with Gasteiger partial charge in [0, 0.05) is 24.6 Å². The summed E-state index contributed by atoms with van der Waals surface area (Å²) in [5.41, 5.74) is 0.735. The van der Waals surface area contributed by atoms with E-state index in [4.69, 9.17) is 9.47 Å². The number of ketones is 1. The first kappa shape index (κ1) is 16.3. The second-order valence-electron chi connectivity index (χ2n) is 5.92. The number of rotatable bonds is 4. The Hall–Kier alpha value is -2.57. The number of Topliss-reactive ketones (excluding diaryl/α,β-unsaturated/α-hetero) is 1. The fraction of sp³-hybridized carbons (Fsp3) is 0.471. The van der Waals surface area contributed by atoms with Gasteiger partial charge in [-0.2, -0.15) is 0 Å². The van der Waals surface area contributed by atoms with Crippen molar-refractivity contribution in [2.45, 2.75) is 26.2 Å². The van der Waals surface area contributed by atoms with Gasteiger partial charge in [-0.25, -0.2) is 0 Å². The lowest BCUT2D eigenvalue weighted by molar-refractivity contribution is -0.136. The van der Waals surface area contributed by atoms with Crippen molar-refractivity contribution in [3.05, 3.63) is 17.7 Å². The molecule has 1 aromatic rings. The molecule has 1 fully saturated rings. The normalized spacial score (nSPS) is 16.7. The zero-order chi connectivity index (χ0) is 17.1. The molecule has 0 unspecified atom stereocenters. The number of nitrogens with one attached hydrogen (secondary N) is 1. The largest absolute Gasteiger partial charge is 0.486 e. The third kappa shape index (κ3) is 3.50. The predicted octanol–water partition coefficient (Wildman–Crippen LogP) is 1.61. The maximum atomic E-state index is 12.3. The van der Waals surface area contributed by atoms with Gasteiger partial charge in [-0.15, -0.1) is 0 Å². The molecule has 0 bridgehead atoms. The van der Waals surface area contributed by atoms with Gasteiger partial charge in [0.1, 0.15) is 13.2 Å². The number of carbonyl (C=O) groups excluding carboxylic acids is 3. The number of likely N-dealkylation sites (tertiary alicyclic amines) is 1. The highest BCUT2D eigenvalue weighted by molar-refractivity contribution is 6.05. The van der Waals surface area contributed by atoms with Crippen molar-refractivity contribution in [3.63, 3.8) is 0 Å². The number of hydrogen-bond acceptors (Lipinski definition) is 5. The van der Waals surface area contributed by atoms with Crippen LogP contribution in [-0.4, -0.2) is 48.8 Å². The first-order valence-electron chi connectivity index (χ1n) is 8.07. The van der Waals surface area contributed by atoms with E-state index < -0.39 is 0 Å². The summed E-state index contributed by atoms with van der Waals surface area (Å²) in [6.07, 6.45) is 2.26. The summed E-state index contributed by atoms with van der Waals surface area (Å²) in [6.45, 7) is 2.85. The molecule has 3 rings (SSSR count). The monoisotopic (exact) mass is 332 g/mol. The summed E-state index contributed by atoms with van der Waals surface area (Å²) in [7, 11) is 0. The highest BCUT2D eigenvalue weighted by Crippen LogP contribution is 2.35. The highest BCUT2D eigenvalue weighted by Gasteiger charge is 2.23. The van der Waals surface area contributed by atoms with Crippen LogP contribution in [0.1, 0.15) is 36.5 Å². The van der Waals surface area contributed by atoms with Crippen molar-refractivity contribution < 1.29 is 23.9 Å². The van der Waals surface area contributed by atoms with Crippen molar-refractivity contribution in [1.82, 2.24) is 4.90 Å². The van der Waals surface area contributed by atoms with Gasteiger partial charge >= 0.3 is 0 Å². The number of fused-ring (bicyclic) bond motifs is 1. The van der Waals surface area contributed by atoms with E-state index in [9.17, 15) is 14.4 Å². The van der Waals surface area contributed by atoms with E-state index in [-0.39, 0.29) is 24.1 Å². The standard InChI is InChI=1S/C17H20N2O5/c1-11(20)12-8-14-15(24-7-6-23-14)9-13(12)18-16(21)10-19-5-3-2-4-17(19)22/h8-9H,2-7,10H2,1H3,(H,18,21). The van der Waals surface area contributed by atoms with Crippen molar-refractivity contribution >= 4 is 23.3 Å². The molecular formula is C17H20N2O5. The van der Waals surface area contributed by atoms with Crippen LogP contribution < -0.4 is 14.8 Å². The van der Waals surface area contributed by atoms with Gasteiger partial charge in [0.15, 0.2) is 17.3 Å². The first-order chi connectivity index (χ1) is 11.5. The Labute approximate surface area is 139 Å². The molecule has 128 valence electrons. The lowest BCUT2D eigenvalue weighted by Gasteiger charge is -2.26. The van der Waals surface area contributed by atoms with Gasteiger partial charge in [-0.05, 0) is 25.8 Å². The molecule has 0 spiro atoms. The van der Waals surface area contributed by atoms with Gasteiger partial charge in [-0.3, -0.25) is 14.4 Å². The maximum Gasteiger partial charge on any atom is 0.244 e. The van der Waals surface area contributed by atoms with Gasteiger partial charge in [0.2, 0.25) is 11.8 Å². The van der Waals surface area contributed by atoms with Crippen LogP contribution in [0.3, 0.4) is 0 Å². The quantitative estimate of drug-likeness (QED) is 0.847. The molecule has 1 N–H and O–H groups in total. The summed E-state index contributed by atoms with van der Waals surface area (Å²) < 4.78 is 11.0. The second-order valence-corrected chi connectivity index (χ2v) is 5.92. The molecule has 2 aliphatic rings. The maximum absolute atomic E-state index is 12.3. The minimum atomic E-state index is -0.329. The lowest BCUT2D eigenvalue weighted by atomic mass is 10.1. The lowest BCUT2D eigenvalue weighted by Crippen LogP contribution is -2.40. The van der Waals surface area contributed by atoms with E-state index >= 15 is 0 Å². The molecule has 1 saturated heterocycles. The van der Waals surface area contributed by atoms with E-state index in [1.807, 2.05) is 0 Å². The van der Waals surface area contributed by atoms with Crippen molar-refractivity contribution in [1.29, 1.82) is 0 Å². The van der Waals surface area contributed by atoms with Crippen molar-refractivity contribution in [3.8, 4) is 11.5 Å². The average molecular weight is 332 g/mol. The number of hydrogen-bond donors (Lipinski definition) is 1. The van der Waals surface area contributed by atoms with E-state index in [1.54, 1.807) is 17.0 Å². The SMILES string of the molecule is CC(=O)c1cc2c(cc1NC(=O)CN1CCCCC1=O)OCCO2. The van der Waals surface area contributed by atoms with Crippen molar-refractivity contribution in [2.24, 2.45) is 0 Å². The third-order valence-corrected chi connectivity index (χ3v) is 4.09. The van der Waals surface area contributed by atoms with Crippen LogP contribution in [0, 0.1) is 0 Å². The molecule has 2 heterocycles. The van der Waals surface area contributed by atoms with E-state index in [0.29, 0.717) is 48.9 Å². The zero-order valence-electron chi connectivity index (χ0n) is 13.6. The summed E-state index contributed by atoms with van der Waals surface area (Å²) in [5.74, 6) is 0.470. The van der Waals surface area contributed by atoms with E-state index in [1.165, 1.54) is 6.92 Å². The third-order valence-electron chi connectivity index (χ3n) is 4.09. The summed E-state index contributed by atoms with van der Waals surface area (Å²) in [6, 6.07) is 3.18. The Morgan fingerprint density at radius 2 is 1.88 bits per heavy atom. The second kappa shape index (κ2) is 6.90. The fourth-order valence-corrected chi connectivity index (χ4v) is 2.88. The number of benzene rings is 1. The molecule has 2 amide bonds. The molecule has 0 aromatic heterocycles. The number of amides is 2. The van der Waals surface area contributed by atoms with E-state index in [2.05, 4.69) is 5.32 Å². The van der Waals surface area contributed by atoms with Crippen LogP contribution in [-0.2, 0) is 9.59 Å². The highest BCUT2D eigenvalue weighted by atomic mass is 16.6. The van der Waals surface area contributed by atoms with Gasteiger partial charge in [-0.1, -0.05) is 0 Å². The van der Waals surface area contributed by atoms with Crippen LogP contribution >= 0.6 is 0 Å². The Morgan fingerprint density at radius 3 is 2.54 bits per heavy atom. The van der Waals surface area contributed by atoms with Crippen LogP contribution in [0.4, 0.5) is 5.69 Å². The molecule has 0 aliphatic carbocycles. The van der Waals surface area contributed by atoms with Crippen molar-refractivity contribution in [2.75, 3.05) is 31.6 Å². The number of carbonyl (C=O) groups is 3. The Balaban J connectivity index is 1.76. The molecule has 0 saturated carbocycles. The Morgan fingerprint density at radius 1 is 1.17 bits per heavy atom. The predicted molar refractivity (Wildman–Crippen MR) is 86.5 cm³/mol. The summed E-state index contributed by atoms with van der Waals surface area (Å²) in [5, 5.41) is 2.72. The minimum absolute atomic E-state index is 0.00892. The van der Waals surface area contributed by atoms with Gasteiger partial charge < -0.3 is 19.7 Å². The fourth-order valence-electron chi connectivity index (χ4n) is 2.88. The molecule has 2 aliphatic heterocycles. The molecule has 24 heavy (non-hydrogen) atoms. The van der Waals surface area contributed by atoms with Gasteiger partial charge in [0.05, 0.1) is 12.2 Å². The van der Waals surface area contributed by atoms with Crippen LogP contribution in [0.5, 0.6) is 11.5 Å². The molecule has 7 nitrogen and oxygen atoms in total. The van der Waals surface area contributed by atoms with Crippen LogP contribution in [0.15, 0.2) is 12.1 Å². The Bertz CT molecular complexity index is 686. The smallest absolute Gasteiger partial charge is 0.244 e. The number of nitrogens with zero attached hydrogens (tertiary/aromatic N) is 1. The molecule has 7 heteroatoms. The minimum Gasteiger partial charge on any atom is -0.486 e. The molecule has 1 aromatic carbocycles. The van der Waals surface area contributed by atoms with E-state index in [0.717, 1.165) is 12.8 Å².